The highest BCUT2D eigenvalue weighted by molar-refractivity contribution is 5.62. The molecular weight excluding hydrogens is 240 g/mol. The van der Waals surface area contributed by atoms with Gasteiger partial charge in [0.05, 0.1) is 6.26 Å². The van der Waals surface area contributed by atoms with E-state index in [1.54, 1.807) is 0 Å². The van der Waals surface area contributed by atoms with Gasteiger partial charge in [-0.05, 0) is 32.6 Å². The molecule has 3 nitrogen and oxygen atoms in total. The zero-order chi connectivity index (χ0) is 14.8. The van der Waals surface area contributed by atoms with Crippen molar-refractivity contribution in [1.29, 1.82) is 0 Å². The lowest BCUT2D eigenvalue weighted by Gasteiger charge is -1.99. The first-order valence-corrected chi connectivity index (χ1v) is 7.25. The molecule has 0 aliphatic heterocycles. The fourth-order valence-electron chi connectivity index (χ4n) is 1.65. The Balaban J connectivity index is 0. The van der Waals surface area contributed by atoms with Crippen molar-refractivity contribution >= 4 is 5.97 Å². The lowest BCUT2D eigenvalue weighted by atomic mass is 10.1. The fraction of sp³-hybridized carbons (Fsp3) is 0.688. The third kappa shape index (κ3) is 31.5. The summed E-state index contributed by atoms with van der Waals surface area (Å²) in [6, 6.07) is 0. The molecule has 0 fully saturated rings. The van der Waals surface area contributed by atoms with Gasteiger partial charge in [-0.2, -0.15) is 0 Å². The molecule has 0 atom stereocenters. The Morgan fingerprint density at radius 2 is 1.26 bits per heavy atom. The molecule has 3 heteroatoms. The van der Waals surface area contributed by atoms with Crippen molar-refractivity contribution < 1.29 is 15.0 Å². The molecule has 0 aromatic carbocycles. The minimum Gasteiger partial charge on any atom is -0.516 e. The molecule has 112 valence electrons. The maximum Gasteiger partial charge on any atom is 0.300 e. The van der Waals surface area contributed by atoms with Crippen LogP contribution in [-0.2, 0) is 4.79 Å². The van der Waals surface area contributed by atoms with Crippen LogP contribution in [0.2, 0.25) is 0 Å². The predicted molar refractivity (Wildman–Crippen MR) is 81.4 cm³/mol. The van der Waals surface area contributed by atoms with Crippen molar-refractivity contribution in [2.45, 2.75) is 71.6 Å². The maximum atomic E-state index is 9.00. The zero-order valence-corrected chi connectivity index (χ0v) is 12.5. The summed E-state index contributed by atoms with van der Waals surface area (Å²) in [6.45, 7) is 3.17. The summed E-state index contributed by atoms with van der Waals surface area (Å²) in [4.78, 5) is 9.00. The molecule has 0 bridgehead atoms. The Kier molecular flexibility index (Phi) is 20.2. The number of carboxylic acid groups (broad SMARTS) is 1. The van der Waals surface area contributed by atoms with Gasteiger partial charge in [-0.1, -0.05) is 50.3 Å². The van der Waals surface area contributed by atoms with Gasteiger partial charge >= 0.3 is 0 Å². The molecule has 0 spiro atoms. The average molecular weight is 270 g/mol. The number of carboxylic acids is 1. The van der Waals surface area contributed by atoms with E-state index in [1.165, 1.54) is 51.4 Å². The summed E-state index contributed by atoms with van der Waals surface area (Å²) in [7, 11) is 0. The molecule has 0 radical (unpaired) electrons. The van der Waals surface area contributed by atoms with Crippen LogP contribution in [0.3, 0.4) is 0 Å². The molecule has 0 aliphatic carbocycles. The zero-order valence-electron chi connectivity index (χ0n) is 12.5. The van der Waals surface area contributed by atoms with Gasteiger partial charge in [-0.3, -0.25) is 4.79 Å². The van der Waals surface area contributed by atoms with Gasteiger partial charge in [0, 0.05) is 6.92 Å². The normalized spacial score (nSPS) is 10.6. The second kappa shape index (κ2) is 19.1. The first-order chi connectivity index (χ1) is 9.15. The number of hydrogen-bond donors (Lipinski definition) is 2. The summed E-state index contributed by atoms with van der Waals surface area (Å²) in [5.41, 5.74) is 0. The van der Waals surface area contributed by atoms with E-state index in [4.69, 9.17) is 15.0 Å². The number of hydrogen-bond acceptors (Lipinski definition) is 2. The lowest BCUT2D eigenvalue weighted by molar-refractivity contribution is -0.134. The Bertz CT molecular complexity index is 210. The Hall–Kier alpha value is -1.25. The van der Waals surface area contributed by atoms with Gasteiger partial charge < -0.3 is 10.2 Å². The Morgan fingerprint density at radius 3 is 1.63 bits per heavy atom. The van der Waals surface area contributed by atoms with Crippen molar-refractivity contribution in [3.05, 3.63) is 24.5 Å². The number of aliphatic hydroxyl groups excluding tert-OH is 1. The largest absolute Gasteiger partial charge is 0.516 e. The van der Waals surface area contributed by atoms with Gasteiger partial charge in [0.25, 0.3) is 5.97 Å². The second-order valence-corrected chi connectivity index (χ2v) is 4.53. The minimum absolute atomic E-state index is 0.833. The quantitative estimate of drug-likeness (QED) is 0.324. The van der Waals surface area contributed by atoms with E-state index < -0.39 is 5.97 Å². The highest BCUT2D eigenvalue weighted by Gasteiger charge is 1.90. The molecule has 0 saturated heterocycles. The molecule has 0 heterocycles. The van der Waals surface area contributed by atoms with Crippen LogP contribution in [-0.4, -0.2) is 16.2 Å². The molecule has 0 amide bonds. The van der Waals surface area contributed by atoms with Crippen LogP contribution in [0.4, 0.5) is 0 Å². The van der Waals surface area contributed by atoms with Crippen molar-refractivity contribution in [3.63, 3.8) is 0 Å². The van der Waals surface area contributed by atoms with Crippen molar-refractivity contribution in [3.8, 4) is 0 Å². The van der Waals surface area contributed by atoms with Gasteiger partial charge in [0.1, 0.15) is 0 Å². The number of aliphatic hydroxyl groups is 1. The first kappa shape index (κ1) is 20.1. The number of rotatable bonds is 10. The third-order valence-corrected chi connectivity index (χ3v) is 2.58. The maximum absolute atomic E-state index is 9.00. The summed E-state index contributed by atoms with van der Waals surface area (Å²) >= 11 is 0. The van der Waals surface area contributed by atoms with E-state index in [-0.39, 0.29) is 0 Å². The van der Waals surface area contributed by atoms with E-state index in [2.05, 4.69) is 19.1 Å². The van der Waals surface area contributed by atoms with Crippen LogP contribution in [0.15, 0.2) is 24.5 Å². The molecule has 0 unspecified atom stereocenters. The highest BCUT2D eigenvalue weighted by Crippen LogP contribution is 2.09. The lowest BCUT2D eigenvalue weighted by Crippen LogP contribution is -1.80. The van der Waals surface area contributed by atoms with E-state index >= 15 is 0 Å². The van der Waals surface area contributed by atoms with Crippen molar-refractivity contribution in [1.82, 2.24) is 0 Å². The van der Waals surface area contributed by atoms with E-state index in [0.717, 1.165) is 19.6 Å². The number of carbonyl (C=O) groups is 1. The average Bonchev–Trinajstić information content (AvgIpc) is 2.35. The number of unbranched alkanes of at least 4 members (excludes halogenated alkanes) is 8. The van der Waals surface area contributed by atoms with E-state index in [1.807, 2.05) is 6.08 Å². The summed E-state index contributed by atoms with van der Waals surface area (Å²) in [5.74, 6) is -0.833. The fourth-order valence-corrected chi connectivity index (χ4v) is 1.65. The molecule has 2 N–H and O–H groups in total. The van der Waals surface area contributed by atoms with E-state index in [9.17, 15) is 0 Å². The topological polar surface area (TPSA) is 57.5 Å². The molecule has 19 heavy (non-hydrogen) atoms. The molecule has 0 rings (SSSR count). The molecule has 0 aromatic heterocycles. The second-order valence-electron chi connectivity index (χ2n) is 4.53. The van der Waals surface area contributed by atoms with Crippen LogP contribution in [0.5, 0.6) is 0 Å². The van der Waals surface area contributed by atoms with Crippen LogP contribution in [0.1, 0.15) is 71.6 Å². The highest BCUT2D eigenvalue weighted by atomic mass is 16.4. The minimum atomic E-state index is -0.833. The molecule has 0 aliphatic rings. The molecule has 0 aromatic rings. The van der Waals surface area contributed by atoms with Gasteiger partial charge in [0.2, 0.25) is 0 Å². The molecule has 0 saturated carbocycles. The molecular formula is C16H30O3. The Labute approximate surface area is 118 Å². The van der Waals surface area contributed by atoms with Crippen LogP contribution >= 0.6 is 0 Å². The predicted octanol–water partition coefficient (Wildman–Crippen LogP) is 5.24. The Morgan fingerprint density at radius 1 is 0.895 bits per heavy atom. The van der Waals surface area contributed by atoms with Crippen LogP contribution in [0, 0.1) is 0 Å². The third-order valence-electron chi connectivity index (χ3n) is 2.58. The summed E-state index contributed by atoms with van der Waals surface area (Å²) < 4.78 is 0. The number of aliphatic carboxylic acids is 1. The smallest absolute Gasteiger partial charge is 0.300 e. The van der Waals surface area contributed by atoms with Gasteiger partial charge in [0.15, 0.2) is 0 Å². The van der Waals surface area contributed by atoms with Gasteiger partial charge in [-0.25, -0.2) is 0 Å². The van der Waals surface area contributed by atoms with Crippen LogP contribution < -0.4 is 0 Å². The first-order valence-electron chi connectivity index (χ1n) is 7.25. The standard InChI is InChI=1S/C14H26O.C2H4O2/c1-2-3-4-5-6-7-8-9-10-11-12-13-14-15;1-2(3)4/h2-3,13-15H,4-12H2,1H3;1H3,(H,3,4)/b3-2+,14-13+;. The summed E-state index contributed by atoms with van der Waals surface area (Å²) in [6.07, 6.45) is 19.0. The van der Waals surface area contributed by atoms with Crippen molar-refractivity contribution in [2.75, 3.05) is 0 Å². The monoisotopic (exact) mass is 270 g/mol. The van der Waals surface area contributed by atoms with Crippen LogP contribution in [0.25, 0.3) is 0 Å². The summed E-state index contributed by atoms with van der Waals surface area (Å²) in [5, 5.41) is 15.8. The number of allylic oxidation sites excluding steroid dienone is 3. The van der Waals surface area contributed by atoms with E-state index in [0.29, 0.717) is 0 Å². The van der Waals surface area contributed by atoms with Gasteiger partial charge in [-0.15, -0.1) is 0 Å². The SMILES string of the molecule is C/C=C/CCCCCCCCC/C=C/O.CC(=O)O. The van der Waals surface area contributed by atoms with Crippen molar-refractivity contribution in [2.24, 2.45) is 0 Å².